The Morgan fingerprint density at radius 2 is 2.00 bits per heavy atom. The standard InChI is InChI=1S/C19H19N5O/c1-11-18(13(3)25-23-11)14-8-15(20)19-17(9-14)24(10-22-19)12(2)16-6-4-5-7-21-16/h4-10,12H,20H2,1-3H3/t12-/m1/s1. The molecular formula is C19H19N5O. The molecule has 126 valence electrons. The number of nitrogens with two attached hydrogens (primary N) is 1. The van der Waals surface area contributed by atoms with E-state index in [-0.39, 0.29) is 6.04 Å². The molecule has 2 N–H and O–H groups in total. The Morgan fingerprint density at radius 1 is 1.16 bits per heavy atom. The molecule has 6 heteroatoms. The lowest BCUT2D eigenvalue weighted by atomic mass is 10.0. The highest BCUT2D eigenvalue weighted by molar-refractivity contribution is 5.92. The largest absolute Gasteiger partial charge is 0.397 e. The minimum absolute atomic E-state index is 0.0468. The summed E-state index contributed by atoms with van der Waals surface area (Å²) in [6, 6.07) is 9.98. The molecule has 0 radical (unpaired) electrons. The molecule has 0 amide bonds. The van der Waals surface area contributed by atoms with E-state index in [0.29, 0.717) is 5.69 Å². The highest BCUT2D eigenvalue weighted by Crippen LogP contribution is 2.34. The maximum atomic E-state index is 6.27. The second-order valence-electron chi connectivity index (χ2n) is 6.21. The zero-order valence-corrected chi connectivity index (χ0v) is 14.4. The number of aromatic nitrogens is 4. The Kier molecular flexibility index (Phi) is 3.53. The fraction of sp³-hybridized carbons (Fsp3) is 0.211. The van der Waals surface area contributed by atoms with Crippen molar-refractivity contribution in [3.8, 4) is 11.1 Å². The van der Waals surface area contributed by atoms with Crippen molar-refractivity contribution in [2.24, 2.45) is 0 Å². The summed E-state index contributed by atoms with van der Waals surface area (Å²) in [6.07, 6.45) is 3.62. The van der Waals surface area contributed by atoms with Gasteiger partial charge in [-0.25, -0.2) is 4.98 Å². The van der Waals surface area contributed by atoms with Crippen LogP contribution in [0.3, 0.4) is 0 Å². The lowest BCUT2D eigenvalue weighted by molar-refractivity contribution is 0.393. The Labute approximate surface area is 145 Å². The van der Waals surface area contributed by atoms with Crippen LogP contribution in [-0.4, -0.2) is 19.7 Å². The molecule has 3 heterocycles. The van der Waals surface area contributed by atoms with Crippen molar-refractivity contribution in [3.63, 3.8) is 0 Å². The monoisotopic (exact) mass is 333 g/mol. The zero-order chi connectivity index (χ0) is 17.6. The molecule has 0 fully saturated rings. The van der Waals surface area contributed by atoms with E-state index >= 15 is 0 Å². The lowest BCUT2D eigenvalue weighted by Crippen LogP contribution is -2.07. The van der Waals surface area contributed by atoms with Gasteiger partial charge in [0.2, 0.25) is 0 Å². The Balaban J connectivity index is 1.91. The number of aryl methyl sites for hydroxylation is 2. The zero-order valence-electron chi connectivity index (χ0n) is 14.4. The van der Waals surface area contributed by atoms with Gasteiger partial charge in [-0.1, -0.05) is 11.2 Å². The second kappa shape index (κ2) is 5.73. The quantitative estimate of drug-likeness (QED) is 0.575. The van der Waals surface area contributed by atoms with Gasteiger partial charge in [-0.2, -0.15) is 0 Å². The Bertz CT molecular complexity index is 1030. The van der Waals surface area contributed by atoms with Crippen molar-refractivity contribution < 1.29 is 4.52 Å². The van der Waals surface area contributed by atoms with E-state index in [1.807, 2.05) is 44.4 Å². The van der Waals surface area contributed by atoms with Crippen molar-refractivity contribution in [1.82, 2.24) is 19.7 Å². The predicted molar refractivity (Wildman–Crippen MR) is 97.2 cm³/mol. The molecule has 1 atom stereocenters. The highest BCUT2D eigenvalue weighted by atomic mass is 16.5. The molecule has 0 saturated heterocycles. The summed E-state index contributed by atoms with van der Waals surface area (Å²) in [5.41, 5.74) is 12.5. The van der Waals surface area contributed by atoms with Gasteiger partial charge in [0.15, 0.2) is 0 Å². The van der Waals surface area contributed by atoms with Gasteiger partial charge in [0.05, 0.1) is 35.0 Å². The third-order valence-corrected chi connectivity index (χ3v) is 4.56. The van der Waals surface area contributed by atoms with Gasteiger partial charge in [0.1, 0.15) is 11.3 Å². The van der Waals surface area contributed by atoms with Crippen LogP contribution < -0.4 is 5.73 Å². The van der Waals surface area contributed by atoms with E-state index in [1.165, 1.54) is 0 Å². The van der Waals surface area contributed by atoms with Crippen LogP contribution in [0.2, 0.25) is 0 Å². The maximum absolute atomic E-state index is 6.27. The summed E-state index contributed by atoms with van der Waals surface area (Å²) in [4.78, 5) is 8.96. The first-order valence-corrected chi connectivity index (χ1v) is 8.16. The predicted octanol–water partition coefficient (Wildman–Crippen LogP) is 3.89. The van der Waals surface area contributed by atoms with Crippen LogP contribution in [0.15, 0.2) is 47.4 Å². The molecule has 0 bridgehead atoms. The molecule has 4 aromatic rings. The van der Waals surface area contributed by atoms with Crippen molar-refractivity contribution in [3.05, 3.63) is 60.0 Å². The first-order chi connectivity index (χ1) is 12.1. The van der Waals surface area contributed by atoms with Crippen molar-refractivity contribution in [2.45, 2.75) is 26.8 Å². The van der Waals surface area contributed by atoms with Crippen molar-refractivity contribution >= 4 is 16.7 Å². The lowest BCUT2D eigenvalue weighted by Gasteiger charge is -2.14. The van der Waals surface area contributed by atoms with Gasteiger partial charge in [0.25, 0.3) is 0 Å². The minimum atomic E-state index is 0.0468. The molecule has 6 nitrogen and oxygen atoms in total. The SMILES string of the molecule is Cc1noc(C)c1-c1cc(N)c2ncn([C@H](C)c3ccccn3)c2c1. The van der Waals surface area contributed by atoms with E-state index in [4.69, 9.17) is 10.3 Å². The molecular weight excluding hydrogens is 314 g/mol. The van der Waals surface area contributed by atoms with Gasteiger partial charge in [-0.3, -0.25) is 4.98 Å². The van der Waals surface area contributed by atoms with E-state index in [9.17, 15) is 0 Å². The molecule has 1 aromatic carbocycles. The molecule has 0 aliphatic heterocycles. The smallest absolute Gasteiger partial charge is 0.141 e. The van der Waals surface area contributed by atoms with Crippen molar-refractivity contribution in [1.29, 1.82) is 0 Å². The highest BCUT2D eigenvalue weighted by Gasteiger charge is 2.18. The molecule has 0 unspecified atom stereocenters. The topological polar surface area (TPSA) is 82.8 Å². The normalized spacial score (nSPS) is 12.6. The van der Waals surface area contributed by atoms with Crippen LogP contribution >= 0.6 is 0 Å². The molecule has 0 aliphatic rings. The molecule has 3 aromatic heterocycles. The van der Waals surface area contributed by atoms with Gasteiger partial charge in [-0.15, -0.1) is 0 Å². The van der Waals surface area contributed by atoms with E-state index < -0.39 is 0 Å². The maximum Gasteiger partial charge on any atom is 0.141 e. The van der Waals surface area contributed by atoms with Crippen LogP contribution in [-0.2, 0) is 0 Å². The summed E-state index contributed by atoms with van der Waals surface area (Å²) in [5.74, 6) is 0.778. The summed E-state index contributed by atoms with van der Waals surface area (Å²) in [5, 5.41) is 4.05. The number of imidazole rings is 1. The van der Waals surface area contributed by atoms with Crippen molar-refractivity contribution in [2.75, 3.05) is 5.73 Å². The number of pyridine rings is 1. The molecule has 0 spiro atoms. The number of anilines is 1. The van der Waals surface area contributed by atoms with Crippen LogP contribution in [0.5, 0.6) is 0 Å². The summed E-state index contributed by atoms with van der Waals surface area (Å²) in [7, 11) is 0. The second-order valence-corrected chi connectivity index (χ2v) is 6.21. The van der Waals surface area contributed by atoms with Gasteiger partial charge in [0, 0.05) is 11.8 Å². The number of benzene rings is 1. The number of nitrogens with zero attached hydrogens (tertiary/aromatic N) is 4. The number of nitrogen functional groups attached to an aromatic ring is 1. The number of hydrogen-bond acceptors (Lipinski definition) is 5. The van der Waals surface area contributed by atoms with Crippen LogP contribution in [0.25, 0.3) is 22.2 Å². The molecule has 0 aliphatic carbocycles. The van der Waals surface area contributed by atoms with E-state index in [2.05, 4.69) is 32.7 Å². The van der Waals surface area contributed by atoms with E-state index in [0.717, 1.165) is 39.3 Å². The summed E-state index contributed by atoms with van der Waals surface area (Å²) >= 11 is 0. The molecule has 4 rings (SSSR count). The number of rotatable bonds is 3. The summed E-state index contributed by atoms with van der Waals surface area (Å²) in [6.45, 7) is 5.94. The van der Waals surface area contributed by atoms with Gasteiger partial charge < -0.3 is 14.8 Å². The Morgan fingerprint density at radius 3 is 2.68 bits per heavy atom. The van der Waals surface area contributed by atoms with Crippen LogP contribution in [0, 0.1) is 13.8 Å². The average Bonchev–Trinajstić information content (AvgIpc) is 3.18. The number of fused-ring (bicyclic) bond motifs is 1. The molecule has 25 heavy (non-hydrogen) atoms. The first-order valence-electron chi connectivity index (χ1n) is 8.16. The number of hydrogen-bond donors (Lipinski definition) is 1. The fourth-order valence-corrected chi connectivity index (χ4v) is 3.27. The van der Waals surface area contributed by atoms with Gasteiger partial charge in [-0.05, 0) is 50.6 Å². The van der Waals surface area contributed by atoms with Crippen LogP contribution in [0.1, 0.15) is 30.1 Å². The first kappa shape index (κ1) is 15.4. The summed E-state index contributed by atoms with van der Waals surface area (Å²) < 4.78 is 7.40. The minimum Gasteiger partial charge on any atom is -0.397 e. The molecule has 0 saturated carbocycles. The average molecular weight is 333 g/mol. The van der Waals surface area contributed by atoms with Crippen LogP contribution in [0.4, 0.5) is 5.69 Å². The third kappa shape index (κ3) is 2.46. The van der Waals surface area contributed by atoms with Gasteiger partial charge >= 0.3 is 0 Å². The Hall–Kier alpha value is -3.15. The van der Waals surface area contributed by atoms with E-state index in [1.54, 1.807) is 6.20 Å². The fourth-order valence-electron chi connectivity index (χ4n) is 3.27. The third-order valence-electron chi connectivity index (χ3n) is 4.56.